The second-order valence-electron chi connectivity index (χ2n) is 21.5. The van der Waals surface area contributed by atoms with Gasteiger partial charge < -0.3 is 9.13 Å². The van der Waals surface area contributed by atoms with E-state index in [-0.39, 0.29) is 0 Å². The van der Waals surface area contributed by atoms with Crippen molar-refractivity contribution in [1.82, 2.24) is 23.3 Å². The third kappa shape index (κ3) is 7.03. The fourth-order valence-corrected chi connectivity index (χ4v) is 13.4. The predicted molar refractivity (Wildman–Crippen MR) is 343 cm³/mol. The SMILES string of the molecule is c1ccc(-c2ccc(-n3c4ccccc4c4cc(-c5ccc6c(c5)c5c(-c7cccc8c7c7ccccc7n8-c7cccc(-n8c9ccccc9c9ccccc98)n7)cccc5n6-c5cccc(-c6ccccc6)c5)ccc43)cc2)cc1. The van der Waals surface area contributed by atoms with E-state index in [9.17, 15) is 0 Å². The van der Waals surface area contributed by atoms with Crippen LogP contribution in [0.4, 0.5) is 0 Å². The van der Waals surface area contributed by atoms with Gasteiger partial charge in [-0.15, -0.1) is 0 Å². The van der Waals surface area contributed by atoms with Crippen molar-refractivity contribution in [2.24, 2.45) is 0 Å². The highest BCUT2D eigenvalue weighted by Gasteiger charge is 2.23. The number of nitrogens with zero attached hydrogens (tertiary/aromatic N) is 5. The fourth-order valence-electron chi connectivity index (χ4n) is 13.4. The van der Waals surface area contributed by atoms with Crippen LogP contribution in [0.25, 0.3) is 155 Å². The average Bonchev–Trinajstić information content (AvgIpc) is 4.49. The maximum absolute atomic E-state index is 5.54. The van der Waals surface area contributed by atoms with E-state index in [1.165, 1.54) is 93.1 Å². The van der Waals surface area contributed by atoms with Crippen LogP contribution in [0.1, 0.15) is 0 Å². The summed E-state index contributed by atoms with van der Waals surface area (Å²) >= 11 is 0. The molecule has 0 atom stereocenters. The molecule has 0 amide bonds. The molecule has 0 aliphatic carbocycles. The van der Waals surface area contributed by atoms with Gasteiger partial charge >= 0.3 is 0 Å². The topological polar surface area (TPSA) is 32.6 Å². The zero-order chi connectivity index (χ0) is 53.8. The standard InChI is InChI=1S/C77H49N5/c1-3-19-50(20-4-1)52-39-43-56(44-40-52)79-66-31-11-9-27-60(66)64-48-54(41-45-70(64)79)55-42-46-71-65(49-55)77-62(30-16-35-72(77)80(71)57-24-15-23-53(47-57)51-21-5-2-6-22-51)61-29-17-36-73-76(61)63-28-10-14-34-69(63)82(73)75-38-18-37-74(78-75)81-67-32-12-7-25-58(67)59-26-8-13-33-68(59)81/h1-49H. The number of para-hydroxylation sites is 4. The van der Waals surface area contributed by atoms with Crippen LogP contribution in [-0.2, 0) is 0 Å². The molecule has 17 aromatic rings. The Labute approximate surface area is 472 Å². The van der Waals surface area contributed by atoms with Crippen molar-refractivity contribution in [3.05, 3.63) is 297 Å². The Balaban J connectivity index is 0.870. The van der Waals surface area contributed by atoms with Crippen LogP contribution in [0, 0.1) is 0 Å². The van der Waals surface area contributed by atoms with Crippen molar-refractivity contribution in [2.75, 3.05) is 0 Å². The normalized spacial score (nSPS) is 11.9. The summed E-state index contributed by atoms with van der Waals surface area (Å²) in [5.74, 6) is 1.74. The van der Waals surface area contributed by atoms with Crippen molar-refractivity contribution >= 4 is 87.2 Å². The van der Waals surface area contributed by atoms with Crippen molar-refractivity contribution in [3.8, 4) is 67.5 Å². The number of hydrogen-bond acceptors (Lipinski definition) is 1. The van der Waals surface area contributed by atoms with E-state index in [1.807, 2.05) is 0 Å². The zero-order valence-corrected chi connectivity index (χ0v) is 44.5. The highest BCUT2D eigenvalue weighted by molar-refractivity contribution is 6.23. The molecule has 382 valence electrons. The maximum Gasteiger partial charge on any atom is 0.140 e. The first-order valence-electron chi connectivity index (χ1n) is 28.1. The lowest BCUT2D eigenvalue weighted by Gasteiger charge is -2.12. The highest BCUT2D eigenvalue weighted by atomic mass is 15.1. The van der Waals surface area contributed by atoms with Gasteiger partial charge in [0.15, 0.2) is 0 Å². The van der Waals surface area contributed by atoms with Crippen molar-refractivity contribution in [2.45, 2.75) is 0 Å². The van der Waals surface area contributed by atoms with Crippen LogP contribution in [0.2, 0.25) is 0 Å². The highest BCUT2D eigenvalue weighted by Crippen LogP contribution is 2.46. The van der Waals surface area contributed by atoms with Gasteiger partial charge in [-0.05, 0) is 142 Å². The number of aromatic nitrogens is 5. The van der Waals surface area contributed by atoms with E-state index in [0.29, 0.717) is 0 Å². The Morgan fingerprint density at radius 3 is 1.18 bits per heavy atom. The minimum Gasteiger partial charge on any atom is -0.309 e. The van der Waals surface area contributed by atoms with E-state index < -0.39 is 0 Å². The molecule has 0 bridgehead atoms. The average molecular weight is 1040 g/mol. The third-order valence-electron chi connectivity index (χ3n) is 17.0. The summed E-state index contributed by atoms with van der Waals surface area (Å²) in [6, 6.07) is 108. The first-order chi connectivity index (χ1) is 40.7. The lowest BCUT2D eigenvalue weighted by molar-refractivity contribution is 1.01. The third-order valence-corrected chi connectivity index (χ3v) is 17.0. The molecule has 17 rings (SSSR count). The minimum atomic E-state index is 0.863. The molecule has 0 aliphatic heterocycles. The number of benzene rings is 12. The van der Waals surface area contributed by atoms with Crippen LogP contribution < -0.4 is 0 Å². The number of hydrogen-bond donors (Lipinski definition) is 0. The van der Waals surface area contributed by atoms with Gasteiger partial charge in [0.1, 0.15) is 11.6 Å². The van der Waals surface area contributed by atoms with Gasteiger partial charge in [0.25, 0.3) is 0 Å². The summed E-state index contributed by atoms with van der Waals surface area (Å²) in [6.07, 6.45) is 0. The van der Waals surface area contributed by atoms with Crippen molar-refractivity contribution in [1.29, 1.82) is 0 Å². The van der Waals surface area contributed by atoms with Gasteiger partial charge in [-0.3, -0.25) is 9.13 Å². The maximum atomic E-state index is 5.54. The Bertz CT molecular complexity index is 5330. The molecule has 0 saturated carbocycles. The lowest BCUT2D eigenvalue weighted by Crippen LogP contribution is -2.03. The molecule has 12 aromatic carbocycles. The predicted octanol–water partition coefficient (Wildman–Crippen LogP) is 20.1. The molecule has 0 N–H and O–H groups in total. The summed E-state index contributed by atoms with van der Waals surface area (Å²) in [4.78, 5) is 5.54. The largest absolute Gasteiger partial charge is 0.309 e. The second-order valence-corrected chi connectivity index (χ2v) is 21.5. The monoisotopic (exact) mass is 1040 g/mol. The Kier molecular flexibility index (Phi) is 10.2. The van der Waals surface area contributed by atoms with Crippen LogP contribution in [0.3, 0.4) is 0 Å². The van der Waals surface area contributed by atoms with E-state index in [4.69, 9.17) is 4.98 Å². The minimum absolute atomic E-state index is 0.863. The van der Waals surface area contributed by atoms with Gasteiger partial charge in [-0.1, -0.05) is 200 Å². The van der Waals surface area contributed by atoms with E-state index in [2.05, 4.69) is 316 Å². The molecular weight excluding hydrogens is 995 g/mol. The van der Waals surface area contributed by atoms with Crippen LogP contribution >= 0.6 is 0 Å². The summed E-state index contributed by atoms with van der Waals surface area (Å²) in [6.45, 7) is 0. The van der Waals surface area contributed by atoms with Gasteiger partial charge in [0.2, 0.25) is 0 Å². The quantitative estimate of drug-likeness (QED) is 0.149. The second kappa shape index (κ2) is 18.3. The number of pyridine rings is 1. The smallest absolute Gasteiger partial charge is 0.140 e. The van der Waals surface area contributed by atoms with Crippen molar-refractivity contribution in [3.63, 3.8) is 0 Å². The first kappa shape index (κ1) is 46.0. The van der Waals surface area contributed by atoms with Gasteiger partial charge in [0.05, 0.1) is 44.1 Å². The molecule has 5 heteroatoms. The molecule has 82 heavy (non-hydrogen) atoms. The van der Waals surface area contributed by atoms with Crippen LogP contribution in [-0.4, -0.2) is 23.3 Å². The Morgan fingerprint density at radius 1 is 0.195 bits per heavy atom. The zero-order valence-electron chi connectivity index (χ0n) is 44.5. The summed E-state index contributed by atoms with van der Waals surface area (Å²) in [7, 11) is 0. The van der Waals surface area contributed by atoms with Gasteiger partial charge in [-0.25, -0.2) is 4.98 Å². The molecule has 0 saturated heterocycles. The van der Waals surface area contributed by atoms with Crippen molar-refractivity contribution < 1.29 is 0 Å². The fraction of sp³-hybridized carbons (Fsp3) is 0. The van der Waals surface area contributed by atoms with Crippen LogP contribution in [0.5, 0.6) is 0 Å². The van der Waals surface area contributed by atoms with Crippen LogP contribution in [0.15, 0.2) is 297 Å². The molecule has 0 fully saturated rings. The molecule has 0 radical (unpaired) electrons. The Hall–Kier alpha value is -11.0. The molecular formula is C77H49N5. The molecule has 5 nitrogen and oxygen atoms in total. The van der Waals surface area contributed by atoms with E-state index in [1.54, 1.807) is 0 Å². The molecule has 5 aromatic heterocycles. The lowest BCUT2D eigenvalue weighted by atomic mass is 9.94. The van der Waals surface area contributed by atoms with Gasteiger partial charge in [-0.2, -0.15) is 0 Å². The van der Waals surface area contributed by atoms with Gasteiger partial charge in [0, 0.05) is 54.5 Å². The number of rotatable bonds is 8. The first-order valence-corrected chi connectivity index (χ1v) is 28.1. The van der Waals surface area contributed by atoms with E-state index in [0.717, 1.165) is 61.7 Å². The molecule has 0 unspecified atom stereocenters. The summed E-state index contributed by atoms with van der Waals surface area (Å²) < 4.78 is 9.54. The summed E-state index contributed by atoms with van der Waals surface area (Å²) in [5.41, 5.74) is 20.8. The van der Waals surface area contributed by atoms with E-state index >= 15 is 0 Å². The summed E-state index contributed by atoms with van der Waals surface area (Å²) in [5, 5.41) is 9.63. The number of fused-ring (bicyclic) bond motifs is 12. The molecule has 0 aliphatic rings. The molecule has 0 spiro atoms. The molecule has 5 heterocycles. The Morgan fingerprint density at radius 2 is 0.561 bits per heavy atom.